The number of carbonyl (C=O) groups is 2. The number of benzene rings is 2. The van der Waals surface area contributed by atoms with Crippen molar-refractivity contribution in [1.29, 1.82) is 0 Å². The largest absolute Gasteiger partial charge is 0.463 e. The molecule has 0 aliphatic heterocycles. The molecule has 2 amide bonds. The third kappa shape index (κ3) is 4.96. The predicted molar refractivity (Wildman–Crippen MR) is 130 cm³/mol. The summed E-state index contributed by atoms with van der Waals surface area (Å²) in [4.78, 5) is 34.1. The number of nitrogens with zero attached hydrogens (tertiary/aromatic N) is 2. The SMILES string of the molecule is Cc1ccc(-c2cnc(CCC(=O)NNC(=O)c3cc(-c4ccco4)nc4ccccc34)o2)cc1. The molecule has 0 atom stereocenters. The van der Waals surface area contributed by atoms with E-state index in [9.17, 15) is 9.59 Å². The minimum absolute atomic E-state index is 0.100. The molecule has 35 heavy (non-hydrogen) atoms. The number of fused-ring (bicyclic) bond motifs is 1. The van der Waals surface area contributed by atoms with Gasteiger partial charge in [0, 0.05) is 23.8 Å². The average molecular weight is 466 g/mol. The zero-order valence-electron chi connectivity index (χ0n) is 18.9. The van der Waals surface area contributed by atoms with Gasteiger partial charge in [-0.15, -0.1) is 0 Å². The van der Waals surface area contributed by atoms with Crippen LogP contribution in [0.5, 0.6) is 0 Å². The number of rotatable bonds is 6. The van der Waals surface area contributed by atoms with Gasteiger partial charge in [-0.1, -0.05) is 48.0 Å². The molecule has 0 aliphatic rings. The summed E-state index contributed by atoms with van der Waals surface area (Å²) in [6.45, 7) is 2.02. The summed E-state index contributed by atoms with van der Waals surface area (Å²) in [5.74, 6) is 0.821. The van der Waals surface area contributed by atoms with Crippen LogP contribution < -0.4 is 10.9 Å². The van der Waals surface area contributed by atoms with Crippen molar-refractivity contribution in [2.24, 2.45) is 0 Å². The first-order valence-electron chi connectivity index (χ1n) is 11.1. The Morgan fingerprint density at radius 2 is 1.77 bits per heavy atom. The second-order valence-corrected chi connectivity index (χ2v) is 8.04. The highest BCUT2D eigenvalue weighted by molar-refractivity contribution is 6.07. The molecule has 174 valence electrons. The number of oxazole rings is 1. The molecule has 0 radical (unpaired) electrons. The zero-order valence-corrected chi connectivity index (χ0v) is 18.9. The zero-order chi connectivity index (χ0) is 24.2. The molecule has 0 fully saturated rings. The van der Waals surface area contributed by atoms with Crippen molar-refractivity contribution in [2.45, 2.75) is 19.8 Å². The number of furan rings is 1. The third-order valence-corrected chi connectivity index (χ3v) is 5.51. The second-order valence-electron chi connectivity index (χ2n) is 8.04. The van der Waals surface area contributed by atoms with E-state index in [0.29, 0.717) is 46.0 Å². The summed E-state index contributed by atoms with van der Waals surface area (Å²) in [5, 5.41) is 0.665. The summed E-state index contributed by atoms with van der Waals surface area (Å²) < 4.78 is 11.2. The maximum atomic E-state index is 12.9. The lowest BCUT2D eigenvalue weighted by atomic mass is 10.1. The Balaban J connectivity index is 1.22. The molecule has 8 nitrogen and oxygen atoms in total. The number of nitrogens with one attached hydrogen (secondary N) is 2. The average Bonchev–Trinajstić information content (AvgIpc) is 3.59. The van der Waals surface area contributed by atoms with Crippen molar-refractivity contribution in [2.75, 3.05) is 0 Å². The van der Waals surface area contributed by atoms with E-state index in [2.05, 4.69) is 20.8 Å². The molecule has 0 saturated heterocycles. The minimum Gasteiger partial charge on any atom is -0.463 e. The highest BCUT2D eigenvalue weighted by Crippen LogP contribution is 2.25. The maximum absolute atomic E-state index is 12.9. The smallest absolute Gasteiger partial charge is 0.270 e. The summed E-state index contributed by atoms with van der Waals surface area (Å²) in [6, 6.07) is 20.4. The lowest BCUT2D eigenvalue weighted by Crippen LogP contribution is -2.41. The molecule has 5 aromatic rings. The van der Waals surface area contributed by atoms with E-state index >= 15 is 0 Å². The Bertz CT molecular complexity index is 1490. The van der Waals surface area contributed by atoms with Crippen molar-refractivity contribution >= 4 is 22.7 Å². The second kappa shape index (κ2) is 9.64. The van der Waals surface area contributed by atoms with Crippen LogP contribution in [0.25, 0.3) is 33.7 Å². The summed E-state index contributed by atoms with van der Waals surface area (Å²) in [5.41, 5.74) is 8.57. The third-order valence-electron chi connectivity index (χ3n) is 5.51. The normalized spacial score (nSPS) is 10.9. The number of pyridine rings is 1. The number of aryl methyl sites for hydroxylation is 2. The molecule has 3 aromatic heterocycles. The molecule has 2 N–H and O–H groups in total. The molecular formula is C27H22N4O4. The van der Waals surface area contributed by atoms with Crippen molar-refractivity contribution in [3.63, 3.8) is 0 Å². The number of hydrazine groups is 1. The highest BCUT2D eigenvalue weighted by atomic mass is 16.4. The van der Waals surface area contributed by atoms with Gasteiger partial charge in [0.15, 0.2) is 17.4 Å². The van der Waals surface area contributed by atoms with Crippen molar-refractivity contribution in [1.82, 2.24) is 20.8 Å². The Labute approximate surface area is 201 Å². The Morgan fingerprint density at radius 1 is 0.943 bits per heavy atom. The topological polar surface area (TPSA) is 110 Å². The van der Waals surface area contributed by atoms with Crippen molar-refractivity contribution in [3.8, 4) is 22.8 Å². The number of amides is 2. The van der Waals surface area contributed by atoms with Crippen LogP contribution in [0.15, 0.2) is 88.0 Å². The van der Waals surface area contributed by atoms with E-state index in [0.717, 1.165) is 11.1 Å². The van der Waals surface area contributed by atoms with Crippen LogP contribution in [-0.4, -0.2) is 21.8 Å². The van der Waals surface area contributed by atoms with Gasteiger partial charge in [-0.3, -0.25) is 20.4 Å². The number of carbonyl (C=O) groups excluding carboxylic acids is 2. The quantitative estimate of drug-likeness (QED) is 0.346. The summed E-state index contributed by atoms with van der Waals surface area (Å²) in [7, 11) is 0. The lowest BCUT2D eigenvalue weighted by molar-refractivity contribution is -0.121. The van der Waals surface area contributed by atoms with Crippen LogP contribution >= 0.6 is 0 Å². The van der Waals surface area contributed by atoms with Crippen LogP contribution in [0.1, 0.15) is 28.2 Å². The number of aromatic nitrogens is 2. The van der Waals surface area contributed by atoms with Gasteiger partial charge in [0.1, 0.15) is 5.69 Å². The van der Waals surface area contributed by atoms with Crippen LogP contribution in [-0.2, 0) is 11.2 Å². The van der Waals surface area contributed by atoms with Gasteiger partial charge in [0.05, 0.1) is 23.5 Å². The summed E-state index contributed by atoms with van der Waals surface area (Å²) in [6.07, 6.45) is 3.59. The van der Waals surface area contributed by atoms with Crippen LogP contribution in [0, 0.1) is 6.92 Å². The molecule has 0 bridgehead atoms. The molecule has 0 unspecified atom stereocenters. The Hall–Kier alpha value is -4.72. The van der Waals surface area contributed by atoms with E-state index in [4.69, 9.17) is 8.83 Å². The molecule has 5 rings (SSSR count). The fraction of sp³-hybridized carbons (Fsp3) is 0.111. The van der Waals surface area contributed by atoms with Gasteiger partial charge in [-0.05, 0) is 31.2 Å². The van der Waals surface area contributed by atoms with E-state index in [1.807, 2.05) is 49.4 Å². The molecule has 0 spiro atoms. The molecule has 8 heteroatoms. The minimum atomic E-state index is -0.456. The van der Waals surface area contributed by atoms with Gasteiger partial charge in [0.2, 0.25) is 5.91 Å². The van der Waals surface area contributed by atoms with Crippen LogP contribution in [0.2, 0.25) is 0 Å². The molecule has 2 aromatic carbocycles. The summed E-state index contributed by atoms with van der Waals surface area (Å²) >= 11 is 0. The van der Waals surface area contributed by atoms with Gasteiger partial charge in [-0.2, -0.15) is 0 Å². The molecule has 0 aliphatic carbocycles. The maximum Gasteiger partial charge on any atom is 0.270 e. The van der Waals surface area contributed by atoms with Crippen molar-refractivity contribution in [3.05, 3.63) is 96.2 Å². The first-order valence-corrected chi connectivity index (χ1v) is 11.1. The van der Waals surface area contributed by atoms with Gasteiger partial charge in [-0.25, -0.2) is 9.97 Å². The monoisotopic (exact) mass is 466 g/mol. The van der Waals surface area contributed by atoms with E-state index in [-0.39, 0.29) is 12.3 Å². The standard InChI is InChI=1S/C27H22N4O4/c1-17-8-10-18(11-9-17)24-16-28-26(35-24)13-12-25(32)30-31-27(33)20-15-22(23-7-4-14-34-23)29-21-6-3-2-5-19(20)21/h2-11,14-16H,12-13H2,1H3,(H,30,32)(H,31,33). The fourth-order valence-corrected chi connectivity index (χ4v) is 3.67. The lowest BCUT2D eigenvalue weighted by Gasteiger charge is -2.10. The molecule has 0 saturated carbocycles. The van der Waals surface area contributed by atoms with Crippen molar-refractivity contribution < 1.29 is 18.4 Å². The predicted octanol–water partition coefficient (Wildman–Crippen LogP) is 4.85. The van der Waals surface area contributed by atoms with Crippen LogP contribution in [0.4, 0.5) is 0 Å². The van der Waals surface area contributed by atoms with E-state index in [1.165, 1.54) is 0 Å². The Morgan fingerprint density at radius 3 is 2.57 bits per heavy atom. The Kier molecular flexibility index (Phi) is 6.09. The highest BCUT2D eigenvalue weighted by Gasteiger charge is 2.16. The fourth-order valence-electron chi connectivity index (χ4n) is 3.67. The number of hydrogen-bond donors (Lipinski definition) is 2. The van der Waals surface area contributed by atoms with E-state index < -0.39 is 5.91 Å². The molecule has 3 heterocycles. The first-order chi connectivity index (χ1) is 17.1. The first kappa shape index (κ1) is 22.1. The van der Waals surface area contributed by atoms with Crippen LogP contribution in [0.3, 0.4) is 0 Å². The van der Waals surface area contributed by atoms with Gasteiger partial charge in [0.25, 0.3) is 5.91 Å². The van der Waals surface area contributed by atoms with E-state index in [1.54, 1.807) is 36.7 Å². The van der Waals surface area contributed by atoms with Gasteiger partial charge >= 0.3 is 0 Å². The molecular weight excluding hydrogens is 444 g/mol. The van der Waals surface area contributed by atoms with Gasteiger partial charge < -0.3 is 8.83 Å². The number of hydrogen-bond acceptors (Lipinski definition) is 6. The number of para-hydroxylation sites is 1.